The summed E-state index contributed by atoms with van der Waals surface area (Å²) in [6.45, 7) is 4.96. The summed E-state index contributed by atoms with van der Waals surface area (Å²) >= 11 is 6.09. The zero-order valence-corrected chi connectivity index (χ0v) is 19.4. The van der Waals surface area contributed by atoms with Crippen molar-refractivity contribution in [3.8, 4) is 11.5 Å². The second-order valence-corrected chi connectivity index (χ2v) is 8.38. The molecule has 0 atom stereocenters. The van der Waals surface area contributed by atoms with Gasteiger partial charge in [0, 0.05) is 34.9 Å². The molecule has 0 spiro atoms. The van der Waals surface area contributed by atoms with Crippen LogP contribution in [0.5, 0.6) is 11.5 Å². The third-order valence-electron chi connectivity index (χ3n) is 4.78. The number of benzene rings is 3. The molecule has 0 bridgehead atoms. The van der Waals surface area contributed by atoms with E-state index in [4.69, 9.17) is 21.1 Å². The molecule has 5 nitrogen and oxygen atoms in total. The fraction of sp³-hybridized carbons (Fsp3) is 0.269. The molecule has 0 radical (unpaired) electrons. The maximum atomic E-state index is 12.1. The predicted molar refractivity (Wildman–Crippen MR) is 131 cm³/mol. The average molecular weight is 453 g/mol. The van der Waals surface area contributed by atoms with E-state index in [-0.39, 0.29) is 5.91 Å². The van der Waals surface area contributed by atoms with E-state index in [1.165, 1.54) is 0 Å². The second-order valence-electron chi connectivity index (χ2n) is 7.95. The molecule has 0 aromatic heterocycles. The third-order valence-corrected chi connectivity index (χ3v) is 5.01. The Morgan fingerprint density at radius 3 is 2.50 bits per heavy atom. The Kier molecular flexibility index (Phi) is 8.40. The standard InChI is InChI=1S/C26H29ClN2O3/c1-18(2)13-25(30)29-23-11-6-10-22(15-23)28-16-20-8-5-12-24(31-3)26(20)32-17-19-7-4-9-21(27)14-19/h4-12,14-15,18,28H,13,16-17H2,1-3H3,(H,29,30). The molecule has 3 aromatic rings. The molecule has 0 aliphatic heterocycles. The zero-order chi connectivity index (χ0) is 22.9. The number of amides is 1. The van der Waals surface area contributed by atoms with Gasteiger partial charge in [0.15, 0.2) is 11.5 Å². The average Bonchev–Trinajstić information content (AvgIpc) is 2.76. The SMILES string of the molecule is COc1cccc(CNc2cccc(NC(=O)CC(C)C)c2)c1OCc1cccc(Cl)c1. The first kappa shape index (κ1) is 23.5. The molecule has 3 rings (SSSR count). The molecular formula is C26H29ClN2O3. The third kappa shape index (κ3) is 6.92. The van der Waals surface area contributed by atoms with Crippen molar-refractivity contribution in [3.63, 3.8) is 0 Å². The molecule has 0 fully saturated rings. The summed E-state index contributed by atoms with van der Waals surface area (Å²) in [5.41, 5.74) is 3.60. The highest BCUT2D eigenvalue weighted by molar-refractivity contribution is 6.30. The predicted octanol–water partition coefficient (Wildman–Crippen LogP) is 6.52. The van der Waals surface area contributed by atoms with Gasteiger partial charge in [0.05, 0.1) is 7.11 Å². The van der Waals surface area contributed by atoms with E-state index in [9.17, 15) is 4.79 Å². The quantitative estimate of drug-likeness (QED) is 0.367. The molecule has 0 saturated heterocycles. The molecule has 0 aliphatic carbocycles. The van der Waals surface area contributed by atoms with Crippen molar-refractivity contribution in [2.45, 2.75) is 33.4 Å². The molecule has 3 aromatic carbocycles. The van der Waals surface area contributed by atoms with Crippen LogP contribution < -0.4 is 20.1 Å². The number of nitrogens with one attached hydrogen (secondary N) is 2. The van der Waals surface area contributed by atoms with Crippen LogP contribution in [0.1, 0.15) is 31.4 Å². The fourth-order valence-corrected chi connectivity index (χ4v) is 3.51. The van der Waals surface area contributed by atoms with Gasteiger partial charge in [-0.2, -0.15) is 0 Å². The van der Waals surface area contributed by atoms with Crippen molar-refractivity contribution in [1.29, 1.82) is 0 Å². The maximum Gasteiger partial charge on any atom is 0.224 e. The highest BCUT2D eigenvalue weighted by Crippen LogP contribution is 2.32. The number of carbonyl (C=O) groups excluding carboxylic acids is 1. The van der Waals surface area contributed by atoms with E-state index in [0.717, 1.165) is 22.5 Å². The number of carbonyl (C=O) groups is 1. The Labute approximate surface area is 194 Å². The van der Waals surface area contributed by atoms with Crippen molar-refractivity contribution in [2.75, 3.05) is 17.7 Å². The van der Waals surface area contributed by atoms with E-state index in [1.807, 2.05) is 80.6 Å². The van der Waals surface area contributed by atoms with Crippen molar-refractivity contribution in [2.24, 2.45) is 5.92 Å². The van der Waals surface area contributed by atoms with E-state index in [2.05, 4.69) is 10.6 Å². The summed E-state index contributed by atoms with van der Waals surface area (Å²) in [5.74, 6) is 1.68. The molecule has 0 heterocycles. The van der Waals surface area contributed by atoms with Gasteiger partial charge in [-0.3, -0.25) is 4.79 Å². The summed E-state index contributed by atoms with van der Waals surface area (Å²) in [5, 5.41) is 7.03. The van der Waals surface area contributed by atoms with Gasteiger partial charge in [0.2, 0.25) is 5.91 Å². The number of methoxy groups -OCH3 is 1. The van der Waals surface area contributed by atoms with Crippen molar-refractivity contribution in [1.82, 2.24) is 0 Å². The fourth-order valence-electron chi connectivity index (χ4n) is 3.29. The Morgan fingerprint density at radius 2 is 1.75 bits per heavy atom. The van der Waals surface area contributed by atoms with Gasteiger partial charge in [0.1, 0.15) is 6.61 Å². The minimum absolute atomic E-state index is 0.0154. The van der Waals surface area contributed by atoms with Crippen molar-refractivity contribution in [3.05, 3.63) is 82.9 Å². The van der Waals surface area contributed by atoms with E-state index >= 15 is 0 Å². The molecule has 0 aliphatic rings. The van der Waals surface area contributed by atoms with Gasteiger partial charge in [-0.15, -0.1) is 0 Å². The van der Waals surface area contributed by atoms with Crippen molar-refractivity contribution >= 4 is 28.9 Å². The molecule has 32 heavy (non-hydrogen) atoms. The molecule has 168 valence electrons. The minimum atomic E-state index is 0.0154. The lowest BCUT2D eigenvalue weighted by atomic mass is 10.1. The summed E-state index contributed by atoms with van der Waals surface area (Å²) in [6.07, 6.45) is 0.495. The molecule has 1 amide bonds. The van der Waals surface area contributed by atoms with Gasteiger partial charge in [0.25, 0.3) is 0 Å². The van der Waals surface area contributed by atoms with Gasteiger partial charge < -0.3 is 20.1 Å². The number of hydrogen-bond acceptors (Lipinski definition) is 4. The molecule has 0 saturated carbocycles. The van der Waals surface area contributed by atoms with Crippen LogP contribution in [0.15, 0.2) is 66.7 Å². The first-order chi connectivity index (χ1) is 15.4. The van der Waals surface area contributed by atoms with Crippen LogP contribution in [0.25, 0.3) is 0 Å². The Balaban J connectivity index is 1.69. The highest BCUT2D eigenvalue weighted by Gasteiger charge is 2.12. The first-order valence-corrected chi connectivity index (χ1v) is 11.0. The van der Waals surface area contributed by atoms with Crippen LogP contribution in [0.3, 0.4) is 0 Å². The number of anilines is 2. The largest absolute Gasteiger partial charge is 0.493 e. The van der Waals surface area contributed by atoms with E-state index in [1.54, 1.807) is 7.11 Å². The summed E-state index contributed by atoms with van der Waals surface area (Å²) < 4.78 is 11.6. The maximum absolute atomic E-state index is 12.1. The smallest absolute Gasteiger partial charge is 0.224 e. The van der Waals surface area contributed by atoms with Crippen LogP contribution in [0.2, 0.25) is 5.02 Å². The van der Waals surface area contributed by atoms with Crippen LogP contribution in [-0.4, -0.2) is 13.0 Å². The summed E-state index contributed by atoms with van der Waals surface area (Å²) in [6, 6.07) is 21.1. The summed E-state index contributed by atoms with van der Waals surface area (Å²) in [7, 11) is 1.63. The lowest BCUT2D eigenvalue weighted by Crippen LogP contribution is -2.14. The molecule has 0 unspecified atom stereocenters. The van der Waals surface area contributed by atoms with Gasteiger partial charge in [-0.05, 0) is 47.9 Å². The number of halogens is 1. The molecule has 6 heteroatoms. The molecule has 2 N–H and O–H groups in total. The Morgan fingerprint density at radius 1 is 1.00 bits per heavy atom. The second kappa shape index (κ2) is 11.4. The lowest BCUT2D eigenvalue weighted by Gasteiger charge is -2.16. The first-order valence-electron chi connectivity index (χ1n) is 10.6. The van der Waals surface area contributed by atoms with E-state index in [0.29, 0.717) is 42.0 Å². The Hall–Kier alpha value is -3.18. The molecular weight excluding hydrogens is 424 g/mol. The summed E-state index contributed by atoms with van der Waals surface area (Å²) in [4.78, 5) is 12.1. The van der Waals surface area contributed by atoms with Crippen LogP contribution >= 0.6 is 11.6 Å². The van der Waals surface area contributed by atoms with Gasteiger partial charge in [-0.1, -0.05) is 55.8 Å². The van der Waals surface area contributed by atoms with E-state index < -0.39 is 0 Å². The number of para-hydroxylation sites is 1. The lowest BCUT2D eigenvalue weighted by molar-refractivity contribution is -0.116. The van der Waals surface area contributed by atoms with Crippen LogP contribution in [0.4, 0.5) is 11.4 Å². The number of hydrogen-bond donors (Lipinski definition) is 2. The normalized spacial score (nSPS) is 10.7. The van der Waals surface area contributed by atoms with Crippen molar-refractivity contribution < 1.29 is 14.3 Å². The highest BCUT2D eigenvalue weighted by atomic mass is 35.5. The topological polar surface area (TPSA) is 59.6 Å². The monoisotopic (exact) mass is 452 g/mol. The number of rotatable bonds is 10. The minimum Gasteiger partial charge on any atom is -0.493 e. The Bertz CT molecular complexity index is 1050. The van der Waals surface area contributed by atoms with Crippen LogP contribution in [0, 0.1) is 5.92 Å². The zero-order valence-electron chi connectivity index (χ0n) is 18.7. The van der Waals surface area contributed by atoms with Gasteiger partial charge in [-0.25, -0.2) is 0 Å². The van der Waals surface area contributed by atoms with Crippen LogP contribution in [-0.2, 0) is 17.9 Å². The number of ether oxygens (including phenoxy) is 2. The van der Waals surface area contributed by atoms with Gasteiger partial charge >= 0.3 is 0 Å².